The Hall–Kier alpha value is -4.40. The molecule has 0 spiro atoms. The van der Waals surface area contributed by atoms with E-state index in [-0.39, 0.29) is 11.4 Å². The zero-order valence-corrected chi connectivity index (χ0v) is 17.0. The van der Waals surface area contributed by atoms with Crippen LogP contribution in [-0.4, -0.2) is 21.7 Å². The van der Waals surface area contributed by atoms with Gasteiger partial charge in [-0.1, -0.05) is 54.6 Å². The lowest BCUT2D eigenvalue weighted by molar-refractivity contribution is -0.578. The van der Waals surface area contributed by atoms with E-state index in [1.54, 1.807) is 48.5 Å². The Morgan fingerprint density at radius 2 is 1.39 bits per heavy atom. The maximum absolute atomic E-state index is 13.8. The van der Waals surface area contributed by atoms with Crippen LogP contribution in [0.5, 0.6) is 0 Å². The summed E-state index contributed by atoms with van der Waals surface area (Å²) in [5.74, 6) is -4.05. The molecule has 2 bridgehead atoms. The van der Waals surface area contributed by atoms with Crippen molar-refractivity contribution in [2.75, 3.05) is 4.90 Å². The van der Waals surface area contributed by atoms with Gasteiger partial charge in [0, 0.05) is 34.1 Å². The Morgan fingerprint density at radius 1 is 0.788 bits per heavy atom. The molecule has 1 aliphatic heterocycles. The fraction of sp³-hybridized carbons (Fsp3) is 0.167. The van der Waals surface area contributed by atoms with Crippen molar-refractivity contribution in [3.05, 3.63) is 115 Å². The van der Waals surface area contributed by atoms with Gasteiger partial charge in [-0.05, 0) is 17.2 Å². The number of hydrogen-bond acceptors (Lipinski definition) is 6. The lowest BCUT2D eigenvalue weighted by atomic mass is 9.51. The predicted octanol–water partition coefficient (Wildman–Crippen LogP) is 3.38. The minimum absolute atomic E-state index is 0.0413. The van der Waals surface area contributed by atoms with Gasteiger partial charge < -0.3 is 0 Å². The molecule has 4 aliphatic rings. The molecule has 3 aromatic rings. The summed E-state index contributed by atoms with van der Waals surface area (Å²) < 4.78 is 0. The maximum atomic E-state index is 13.8. The van der Waals surface area contributed by atoms with Gasteiger partial charge in [0.05, 0.1) is 16.5 Å². The molecule has 0 N–H and O–H groups in total. The second-order valence-electron chi connectivity index (χ2n) is 8.47. The molecule has 9 heteroatoms. The predicted molar refractivity (Wildman–Crippen MR) is 115 cm³/mol. The molecule has 0 unspecified atom stereocenters. The maximum Gasteiger partial charge on any atom is 0.285 e. The standard InChI is InChI=1S/C24H15N3O6/c28-22-20-19-15-8-1-3-10-17(15)24(27(32)33,18-11-4-2-9-16(18)19)21(20)23(29)25(22)13-6-5-7-14(12-13)26(30)31/h1-12,19-21H/t19?,20-,21+,24?/m0/s1. The first-order valence-corrected chi connectivity index (χ1v) is 10.3. The minimum atomic E-state index is -1.92. The van der Waals surface area contributed by atoms with Gasteiger partial charge in [-0.2, -0.15) is 0 Å². The number of anilines is 1. The van der Waals surface area contributed by atoms with Crippen LogP contribution in [0.1, 0.15) is 28.2 Å². The number of nitro benzene ring substituents is 1. The Bertz CT molecular complexity index is 1370. The average Bonchev–Trinajstić information content (AvgIpc) is 3.09. The van der Waals surface area contributed by atoms with Crippen molar-refractivity contribution in [2.45, 2.75) is 11.5 Å². The average molecular weight is 441 g/mol. The van der Waals surface area contributed by atoms with E-state index in [9.17, 15) is 29.8 Å². The van der Waals surface area contributed by atoms with E-state index in [1.807, 2.05) is 0 Å². The first-order valence-electron chi connectivity index (χ1n) is 10.3. The summed E-state index contributed by atoms with van der Waals surface area (Å²) in [5.41, 5.74) is 0.00641. The third-order valence-corrected chi connectivity index (χ3v) is 7.16. The second kappa shape index (κ2) is 6.32. The highest BCUT2D eigenvalue weighted by Crippen LogP contribution is 2.64. The molecule has 2 atom stereocenters. The van der Waals surface area contributed by atoms with E-state index in [0.717, 1.165) is 11.0 Å². The molecule has 7 rings (SSSR count). The number of hydrogen-bond donors (Lipinski definition) is 0. The number of benzene rings is 3. The molecule has 0 aromatic heterocycles. The van der Waals surface area contributed by atoms with Crippen molar-refractivity contribution in [3.63, 3.8) is 0 Å². The Balaban J connectivity index is 1.64. The van der Waals surface area contributed by atoms with Gasteiger partial charge >= 0.3 is 0 Å². The smallest absolute Gasteiger partial charge is 0.274 e. The summed E-state index contributed by atoms with van der Waals surface area (Å²) in [6.07, 6.45) is 0. The molecular weight excluding hydrogens is 426 g/mol. The highest BCUT2D eigenvalue weighted by atomic mass is 16.6. The highest BCUT2D eigenvalue weighted by Gasteiger charge is 2.74. The Labute approximate surface area is 186 Å². The molecule has 162 valence electrons. The molecule has 0 radical (unpaired) electrons. The lowest BCUT2D eigenvalue weighted by Crippen LogP contribution is -2.57. The number of amides is 2. The van der Waals surface area contributed by atoms with Crippen LogP contribution in [0.2, 0.25) is 0 Å². The molecule has 9 nitrogen and oxygen atoms in total. The van der Waals surface area contributed by atoms with Gasteiger partial charge in [-0.25, -0.2) is 4.90 Å². The van der Waals surface area contributed by atoms with Gasteiger partial charge in [-0.3, -0.25) is 29.8 Å². The minimum Gasteiger partial charge on any atom is -0.274 e. The van der Waals surface area contributed by atoms with Gasteiger partial charge in [-0.15, -0.1) is 0 Å². The molecule has 1 heterocycles. The van der Waals surface area contributed by atoms with Crippen LogP contribution in [0.25, 0.3) is 0 Å². The molecule has 2 amide bonds. The fourth-order valence-corrected chi connectivity index (χ4v) is 6.04. The van der Waals surface area contributed by atoms with Crippen LogP contribution >= 0.6 is 0 Å². The van der Waals surface area contributed by atoms with E-state index in [4.69, 9.17) is 0 Å². The van der Waals surface area contributed by atoms with Crippen molar-refractivity contribution in [1.82, 2.24) is 0 Å². The topological polar surface area (TPSA) is 124 Å². The summed E-state index contributed by atoms with van der Waals surface area (Å²) in [5, 5.41) is 24.1. The molecular formula is C24H15N3O6. The van der Waals surface area contributed by atoms with Gasteiger partial charge in [0.1, 0.15) is 5.92 Å². The molecule has 3 aliphatic carbocycles. The molecule has 1 fully saturated rings. The Kier molecular flexibility index (Phi) is 3.69. The first kappa shape index (κ1) is 19.3. The van der Waals surface area contributed by atoms with E-state index < -0.39 is 45.0 Å². The van der Waals surface area contributed by atoms with Crippen molar-refractivity contribution in [2.24, 2.45) is 11.8 Å². The van der Waals surface area contributed by atoms with E-state index in [1.165, 1.54) is 18.2 Å². The number of non-ortho nitro benzene ring substituents is 1. The van der Waals surface area contributed by atoms with Gasteiger partial charge in [0.15, 0.2) is 0 Å². The highest BCUT2D eigenvalue weighted by molar-refractivity contribution is 6.23. The van der Waals surface area contributed by atoms with E-state index in [0.29, 0.717) is 22.3 Å². The lowest BCUT2D eigenvalue weighted by Gasteiger charge is -2.48. The zero-order valence-electron chi connectivity index (χ0n) is 17.0. The van der Waals surface area contributed by atoms with Crippen LogP contribution in [0.3, 0.4) is 0 Å². The van der Waals surface area contributed by atoms with Crippen LogP contribution in [0, 0.1) is 32.1 Å². The van der Waals surface area contributed by atoms with Crippen LogP contribution in [0.4, 0.5) is 11.4 Å². The number of carbonyl (C=O) groups excluding carboxylic acids is 2. The van der Waals surface area contributed by atoms with Crippen LogP contribution < -0.4 is 4.90 Å². The summed E-state index contributed by atoms with van der Waals surface area (Å²) >= 11 is 0. The quantitative estimate of drug-likeness (QED) is 0.349. The van der Waals surface area contributed by atoms with Crippen LogP contribution in [0.15, 0.2) is 72.8 Å². The molecule has 3 aromatic carbocycles. The van der Waals surface area contributed by atoms with Crippen LogP contribution in [-0.2, 0) is 15.1 Å². The first-order chi connectivity index (χ1) is 15.9. The molecule has 1 saturated heterocycles. The third kappa shape index (κ3) is 2.16. The number of imide groups is 1. The summed E-state index contributed by atoms with van der Waals surface area (Å²) in [4.78, 5) is 51.5. The van der Waals surface area contributed by atoms with Crippen molar-refractivity contribution >= 4 is 23.2 Å². The fourth-order valence-electron chi connectivity index (χ4n) is 6.04. The Morgan fingerprint density at radius 3 is 1.97 bits per heavy atom. The third-order valence-electron chi connectivity index (χ3n) is 7.16. The van der Waals surface area contributed by atoms with Crippen molar-refractivity contribution in [1.29, 1.82) is 0 Å². The molecule has 33 heavy (non-hydrogen) atoms. The normalized spacial score (nSPS) is 26.5. The number of nitrogens with zero attached hydrogens (tertiary/aromatic N) is 3. The van der Waals surface area contributed by atoms with Crippen molar-refractivity contribution in [3.8, 4) is 0 Å². The monoisotopic (exact) mass is 441 g/mol. The van der Waals surface area contributed by atoms with Gasteiger partial charge in [0.2, 0.25) is 11.8 Å². The van der Waals surface area contributed by atoms with Crippen molar-refractivity contribution < 1.29 is 19.4 Å². The summed E-state index contributed by atoms with van der Waals surface area (Å²) in [6, 6.07) is 19.0. The van der Waals surface area contributed by atoms with E-state index >= 15 is 0 Å². The number of carbonyl (C=O) groups is 2. The molecule has 0 saturated carbocycles. The number of rotatable bonds is 3. The summed E-state index contributed by atoms with van der Waals surface area (Å²) in [6.45, 7) is 0. The zero-order chi connectivity index (χ0) is 23.1. The summed E-state index contributed by atoms with van der Waals surface area (Å²) in [7, 11) is 0. The SMILES string of the molecule is O=C1[C@H]2C3c4ccccc4C([N+](=O)[O-])(c4ccccc43)[C@H]2C(=O)N1c1cccc([N+](=O)[O-])c1. The second-order valence-corrected chi connectivity index (χ2v) is 8.47. The van der Waals surface area contributed by atoms with E-state index in [2.05, 4.69) is 0 Å². The number of nitro groups is 2. The largest absolute Gasteiger partial charge is 0.285 e. The van der Waals surface area contributed by atoms with Gasteiger partial charge in [0.25, 0.3) is 11.2 Å².